The van der Waals surface area contributed by atoms with Gasteiger partial charge in [-0.2, -0.15) is 13.2 Å². The second-order valence-electron chi connectivity index (χ2n) is 5.88. The molecule has 1 aliphatic rings. The van der Waals surface area contributed by atoms with Crippen LogP contribution in [0, 0.1) is 0 Å². The van der Waals surface area contributed by atoms with Gasteiger partial charge in [0.2, 0.25) is 0 Å². The van der Waals surface area contributed by atoms with E-state index in [1.54, 1.807) is 28.8 Å². The minimum atomic E-state index is -4.49. The number of nitrogens with zero attached hydrogens (tertiary/aromatic N) is 4. The van der Waals surface area contributed by atoms with Crippen molar-refractivity contribution in [3.8, 4) is 5.69 Å². The zero-order chi connectivity index (χ0) is 19.2. The van der Waals surface area contributed by atoms with Gasteiger partial charge < -0.3 is 0 Å². The average Bonchev–Trinajstić information content (AvgIpc) is 2.98. The van der Waals surface area contributed by atoms with Gasteiger partial charge in [-0.05, 0) is 24.3 Å². The van der Waals surface area contributed by atoms with Crippen LogP contribution in [0.3, 0.4) is 0 Å². The molecular weight excluding hydrogens is 400 g/mol. The first-order valence-corrected chi connectivity index (χ1v) is 8.82. The maximum atomic E-state index is 13.3. The molecule has 4 nitrogen and oxygen atoms in total. The average molecular weight is 411 g/mol. The number of aliphatic imine (C=N–C) groups is 1. The summed E-state index contributed by atoms with van der Waals surface area (Å²) < 4.78 is 41.6. The lowest BCUT2D eigenvalue weighted by Gasteiger charge is -2.16. The molecular formula is C18H11Cl2F3N4. The Hall–Kier alpha value is -2.38. The van der Waals surface area contributed by atoms with Gasteiger partial charge in [0.15, 0.2) is 11.6 Å². The van der Waals surface area contributed by atoms with Crippen LogP contribution in [0.15, 0.2) is 47.5 Å². The molecule has 0 bridgehead atoms. The van der Waals surface area contributed by atoms with E-state index in [0.29, 0.717) is 39.2 Å². The number of aromatic nitrogens is 3. The maximum Gasteiger partial charge on any atom is 0.416 e. The highest BCUT2D eigenvalue weighted by Gasteiger charge is 2.33. The Kier molecular flexibility index (Phi) is 4.44. The van der Waals surface area contributed by atoms with Gasteiger partial charge in [-0.1, -0.05) is 29.8 Å². The number of rotatable bonds is 2. The molecule has 0 aliphatic carbocycles. The highest BCUT2D eigenvalue weighted by Crippen LogP contribution is 2.35. The monoisotopic (exact) mass is 410 g/mol. The van der Waals surface area contributed by atoms with Crippen LogP contribution in [0.25, 0.3) is 5.69 Å². The van der Waals surface area contributed by atoms with E-state index >= 15 is 0 Å². The summed E-state index contributed by atoms with van der Waals surface area (Å²) >= 11 is 12.2. The molecule has 4 rings (SSSR count). The van der Waals surface area contributed by atoms with Gasteiger partial charge in [-0.25, -0.2) is 0 Å². The van der Waals surface area contributed by atoms with Crippen LogP contribution in [0.1, 0.15) is 28.3 Å². The lowest BCUT2D eigenvalue weighted by Crippen LogP contribution is -2.13. The van der Waals surface area contributed by atoms with Crippen LogP contribution in [-0.4, -0.2) is 20.5 Å². The summed E-state index contributed by atoms with van der Waals surface area (Å²) in [7, 11) is 0. The van der Waals surface area contributed by atoms with Crippen molar-refractivity contribution in [3.05, 3.63) is 75.8 Å². The van der Waals surface area contributed by atoms with Crippen molar-refractivity contribution in [2.24, 2.45) is 4.99 Å². The molecule has 138 valence electrons. The summed E-state index contributed by atoms with van der Waals surface area (Å²) in [6, 6.07) is 10.4. The Morgan fingerprint density at radius 1 is 1.04 bits per heavy atom. The van der Waals surface area contributed by atoms with Crippen molar-refractivity contribution >= 4 is 28.9 Å². The van der Waals surface area contributed by atoms with Crippen LogP contribution >= 0.6 is 23.2 Å². The molecule has 2 aromatic carbocycles. The number of hydrogen-bond acceptors (Lipinski definition) is 3. The fourth-order valence-electron chi connectivity index (χ4n) is 3.04. The third-order valence-electron chi connectivity index (χ3n) is 4.24. The molecule has 2 heterocycles. The second kappa shape index (κ2) is 6.65. The molecule has 27 heavy (non-hydrogen) atoms. The topological polar surface area (TPSA) is 43.1 Å². The minimum Gasteiger partial charge on any atom is -0.280 e. The standard InChI is InChI=1S/C18H11Cl2F3N4/c19-8-15-25-26-16-9-24-17(11-3-1-2-4-13(11)20)12-7-10(18(21,22)23)5-6-14(12)27(15)16/h1-7H,8-9H2. The summed E-state index contributed by atoms with van der Waals surface area (Å²) in [5.74, 6) is 0.992. The van der Waals surface area contributed by atoms with Crippen molar-refractivity contribution in [3.63, 3.8) is 0 Å². The van der Waals surface area contributed by atoms with Gasteiger partial charge in [-0.15, -0.1) is 21.8 Å². The van der Waals surface area contributed by atoms with E-state index in [1.807, 2.05) is 0 Å². The lowest BCUT2D eigenvalue weighted by molar-refractivity contribution is -0.137. The first kappa shape index (κ1) is 18.0. The third-order valence-corrected chi connectivity index (χ3v) is 4.81. The molecule has 3 aromatic rings. The van der Waals surface area contributed by atoms with Crippen LogP contribution in [-0.2, 0) is 18.6 Å². The van der Waals surface area contributed by atoms with Gasteiger partial charge in [0, 0.05) is 16.1 Å². The fraction of sp³-hybridized carbons (Fsp3) is 0.167. The Morgan fingerprint density at radius 2 is 1.81 bits per heavy atom. The lowest BCUT2D eigenvalue weighted by atomic mass is 9.98. The van der Waals surface area contributed by atoms with Gasteiger partial charge in [0.25, 0.3) is 0 Å². The summed E-state index contributed by atoms with van der Waals surface area (Å²) in [6.07, 6.45) is -4.49. The molecule has 0 fully saturated rings. The van der Waals surface area contributed by atoms with Crippen LogP contribution in [0.4, 0.5) is 13.2 Å². The third kappa shape index (κ3) is 3.11. The Bertz CT molecular complexity index is 1060. The second-order valence-corrected chi connectivity index (χ2v) is 6.55. The Morgan fingerprint density at radius 3 is 2.52 bits per heavy atom. The van der Waals surface area contributed by atoms with E-state index in [0.717, 1.165) is 12.1 Å². The number of halogens is 5. The molecule has 0 unspecified atom stereocenters. The van der Waals surface area contributed by atoms with Crippen LogP contribution in [0.2, 0.25) is 5.02 Å². The van der Waals surface area contributed by atoms with Crippen molar-refractivity contribution in [1.29, 1.82) is 0 Å². The van der Waals surface area contributed by atoms with E-state index in [9.17, 15) is 13.2 Å². The minimum absolute atomic E-state index is 0.0644. The molecule has 9 heteroatoms. The van der Waals surface area contributed by atoms with Crippen molar-refractivity contribution in [2.75, 3.05) is 0 Å². The zero-order valence-corrected chi connectivity index (χ0v) is 15.1. The number of benzene rings is 2. The molecule has 0 spiro atoms. The first-order chi connectivity index (χ1) is 12.9. The van der Waals surface area contributed by atoms with E-state index < -0.39 is 11.7 Å². The summed E-state index contributed by atoms with van der Waals surface area (Å²) in [5, 5.41) is 8.48. The summed E-state index contributed by atoms with van der Waals surface area (Å²) in [4.78, 5) is 4.51. The first-order valence-electron chi connectivity index (χ1n) is 7.90. The molecule has 1 aromatic heterocycles. The maximum absolute atomic E-state index is 13.3. The molecule has 0 atom stereocenters. The Balaban J connectivity index is 2.02. The summed E-state index contributed by atoms with van der Waals surface area (Å²) in [6.45, 7) is 0.139. The van der Waals surface area contributed by atoms with Gasteiger partial charge >= 0.3 is 6.18 Å². The van der Waals surface area contributed by atoms with E-state index in [-0.39, 0.29) is 12.4 Å². The number of hydrogen-bond donors (Lipinski definition) is 0. The van der Waals surface area contributed by atoms with Gasteiger partial charge in [0.1, 0.15) is 6.54 Å². The number of alkyl halides is 4. The smallest absolute Gasteiger partial charge is 0.280 e. The fourth-order valence-corrected chi connectivity index (χ4v) is 3.43. The molecule has 1 aliphatic heterocycles. The van der Waals surface area contributed by atoms with Gasteiger partial charge in [-0.3, -0.25) is 9.56 Å². The highest BCUT2D eigenvalue weighted by molar-refractivity contribution is 6.35. The van der Waals surface area contributed by atoms with Crippen molar-refractivity contribution in [2.45, 2.75) is 18.6 Å². The molecule has 0 amide bonds. The Labute approximate surface area is 162 Å². The van der Waals surface area contributed by atoms with Crippen molar-refractivity contribution < 1.29 is 13.2 Å². The van der Waals surface area contributed by atoms with E-state index in [1.165, 1.54) is 6.07 Å². The predicted octanol–water partition coefficient (Wildman–Crippen LogP) is 5.03. The number of fused-ring (bicyclic) bond motifs is 3. The van der Waals surface area contributed by atoms with E-state index in [4.69, 9.17) is 23.2 Å². The molecule has 0 radical (unpaired) electrons. The largest absolute Gasteiger partial charge is 0.416 e. The highest BCUT2D eigenvalue weighted by atomic mass is 35.5. The van der Waals surface area contributed by atoms with E-state index in [2.05, 4.69) is 15.2 Å². The molecule has 0 saturated carbocycles. The van der Waals surface area contributed by atoms with Crippen LogP contribution < -0.4 is 0 Å². The van der Waals surface area contributed by atoms with Crippen molar-refractivity contribution in [1.82, 2.24) is 14.8 Å². The zero-order valence-electron chi connectivity index (χ0n) is 13.6. The normalized spacial score (nSPS) is 13.6. The molecule has 0 saturated heterocycles. The summed E-state index contributed by atoms with van der Waals surface area (Å²) in [5.41, 5.74) is 0.918. The van der Waals surface area contributed by atoms with Crippen LogP contribution in [0.5, 0.6) is 0 Å². The predicted molar refractivity (Wildman–Crippen MR) is 96.7 cm³/mol. The van der Waals surface area contributed by atoms with Gasteiger partial charge in [0.05, 0.1) is 22.8 Å². The quantitative estimate of drug-likeness (QED) is 0.556. The SMILES string of the molecule is FC(F)(F)c1ccc2c(c1)C(c1ccccc1Cl)=NCc1nnc(CCl)n1-2. The molecule has 0 N–H and O–H groups in total.